The second kappa shape index (κ2) is 1.77. The topological polar surface area (TPSA) is 91.7 Å². The van der Waals surface area contributed by atoms with Crippen molar-refractivity contribution in [3.63, 3.8) is 0 Å². The molecule has 0 fully saturated rings. The van der Waals surface area contributed by atoms with Gasteiger partial charge in [0.2, 0.25) is 0 Å². The normalized spacial score (nSPS) is 9.33. The van der Waals surface area contributed by atoms with Gasteiger partial charge in [-0.05, 0) is 0 Å². The van der Waals surface area contributed by atoms with Crippen LogP contribution in [0, 0.1) is 0 Å². The summed E-state index contributed by atoms with van der Waals surface area (Å²) in [5.74, 6) is 0. The third-order valence-electron chi connectivity index (χ3n) is 0.963. The van der Waals surface area contributed by atoms with E-state index in [4.69, 9.17) is 5.73 Å². The van der Waals surface area contributed by atoms with E-state index >= 15 is 0 Å². The molecule has 0 saturated heterocycles. The van der Waals surface area contributed by atoms with Gasteiger partial charge in [-0.2, -0.15) is 0 Å². The Morgan fingerprint density at radius 3 is 2.33 bits per heavy atom. The summed E-state index contributed by atoms with van der Waals surface area (Å²) < 4.78 is 0. The smallest absolute Gasteiger partial charge is 0.287 e. The molecule has 48 valence electrons. The first-order valence-corrected chi connectivity index (χ1v) is 2.27. The van der Waals surface area contributed by atoms with E-state index in [1.54, 1.807) is 0 Å². The number of aromatic amines is 2. The second-order valence-electron chi connectivity index (χ2n) is 1.52. The molecule has 1 heterocycles. The molecule has 0 aromatic carbocycles. The molecule has 1 aromatic heterocycles. The van der Waals surface area contributed by atoms with Gasteiger partial charge in [-0.1, -0.05) is 0 Å². The Bertz CT molecular complexity index is 272. The fourth-order valence-corrected chi connectivity index (χ4v) is 0.474. The van der Waals surface area contributed by atoms with Gasteiger partial charge in [0.25, 0.3) is 5.56 Å². The van der Waals surface area contributed by atoms with E-state index < -0.39 is 5.56 Å². The SMILES string of the molecule is Nc1c(C=O)[nH][nH]c1=O. The van der Waals surface area contributed by atoms with Gasteiger partial charge >= 0.3 is 0 Å². The fourth-order valence-electron chi connectivity index (χ4n) is 0.474. The summed E-state index contributed by atoms with van der Waals surface area (Å²) in [7, 11) is 0. The van der Waals surface area contributed by atoms with Crippen LogP contribution in [0.3, 0.4) is 0 Å². The third kappa shape index (κ3) is 0.716. The molecule has 0 aliphatic heterocycles. The summed E-state index contributed by atoms with van der Waals surface area (Å²) in [6.07, 6.45) is 0.479. The van der Waals surface area contributed by atoms with Crippen LogP contribution in [0.4, 0.5) is 5.69 Å². The van der Waals surface area contributed by atoms with Gasteiger partial charge in [0, 0.05) is 0 Å². The predicted molar refractivity (Wildman–Crippen MR) is 31.2 cm³/mol. The second-order valence-corrected chi connectivity index (χ2v) is 1.52. The van der Waals surface area contributed by atoms with Crippen LogP contribution < -0.4 is 11.3 Å². The third-order valence-corrected chi connectivity index (χ3v) is 0.963. The Morgan fingerprint density at radius 1 is 1.44 bits per heavy atom. The first-order valence-electron chi connectivity index (χ1n) is 2.27. The molecule has 5 nitrogen and oxygen atoms in total. The number of carbonyl (C=O) groups excluding carboxylic acids is 1. The van der Waals surface area contributed by atoms with E-state index in [-0.39, 0.29) is 11.4 Å². The summed E-state index contributed by atoms with van der Waals surface area (Å²) in [4.78, 5) is 20.4. The van der Waals surface area contributed by atoms with Gasteiger partial charge in [-0.25, -0.2) is 0 Å². The van der Waals surface area contributed by atoms with Crippen LogP contribution in [0.1, 0.15) is 10.5 Å². The zero-order valence-corrected chi connectivity index (χ0v) is 4.47. The van der Waals surface area contributed by atoms with E-state index in [0.29, 0.717) is 6.29 Å². The fraction of sp³-hybridized carbons (Fsp3) is 0. The van der Waals surface area contributed by atoms with Crippen molar-refractivity contribution in [1.82, 2.24) is 10.2 Å². The van der Waals surface area contributed by atoms with Crippen LogP contribution in [-0.4, -0.2) is 16.5 Å². The minimum atomic E-state index is -0.461. The van der Waals surface area contributed by atoms with E-state index in [0.717, 1.165) is 0 Å². The summed E-state index contributed by atoms with van der Waals surface area (Å²) in [5, 5.41) is 4.44. The first kappa shape index (κ1) is 5.61. The lowest BCUT2D eigenvalue weighted by atomic mass is 10.4. The van der Waals surface area contributed by atoms with Gasteiger partial charge in [-0.3, -0.25) is 19.8 Å². The molecule has 0 atom stereocenters. The van der Waals surface area contributed by atoms with Crippen molar-refractivity contribution in [2.24, 2.45) is 0 Å². The maximum atomic E-state index is 10.4. The van der Waals surface area contributed by atoms with Crippen LogP contribution >= 0.6 is 0 Å². The molecule has 1 rings (SSSR count). The van der Waals surface area contributed by atoms with Crippen LogP contribution in [-0.2, 0) is 0 Å². The summed E-state index contributed by atoms with van der Waals surface area (Å²) in [5.41, 5.74) is 4.68. The van der Waals surface area contributed by atoms with E-state index in [1.807, 2.05) is 0 Å². The van der Waals surface area contributed by atoms with Crippen molar-refractivity contribution in [3.8, 4) is 0 Å². The molecule has 0 aliphatic rings. The average molecular weight is 127 g/mol. The van der Waals surface area contributed by atoms with E-state index in [9.17, 15) is 9.59 Å². The van der Waals surface area contributed by atoms with Gasteiger partial charge in [0.05, 0.1) is 0 Å². The Balaban J connectivity index is 3.35. The summed E-state index contributed by atoms with van der Waals surface area (Å²) >= 11 is 0. The van der Waals surface area contributed by atoms with Gasteiger partial charge in [0.15, 0.2) is 6.29 Å². The molecule has 9 heavy (non-hydrogen) atoms. The molecule has 1 aromatic rings. The number of hydrogen-bond acceptors (Lipinski definition) is 3. The number of aromatic nitrogens is 2. The lowest BCUT2D eigenvalue weighted by Gasteiger charge is -1.78. The number of nitrogens with two attached hydrogens (primary N) is 1. The average Bonchev–Trinajstić information content (AvgIpc) is 2.15. The molecule has 0 radical (unpaired) electrons. The van der Waals surface area contributed by atoms with Crippen molar-refractivity contribution in [2.75, 3.05) is 5.73 Å². The molecule has 5 heteroatoms. The van der Waals surface area contributed by atoms with Crippen LogP contribution in [0.15, 0.2) is 4.79 Å². The number of H-pyrrole nitrogens is 2. The first-order chi connectivity index (χ1) is 4.25. The van der Waals surface area contributed by atoms with Crippen molar-refractivity contribution in [2.45, 2.75) is 0 Å². The van der Waals surface area contributed by atoms with Gasteiger partial charge in [-0.15, -0.1) is 0 Å². The van der Waals surface area contributed by atoms with Gasteiger partial charge in [0.1, 0.15) is 11.4 Å². The quantitative estimate of drug-likeness (QED) is 0.427. The molecular formula is C4H5N3O2. The standard InChI is InChI=1S/C4H5N3O2/c5-3-2(1-8)6-7-4(3)9/h1H,5H2,(H2,6,7,9). The Morgan fingerprint density at radius 2 is 2.11 bits per heavy atom. The minimum absolute atomic E-state index is 0.0648. The van der Waals surface area contributed by atoms with E-state index in [1.165, 1.54) is 0 Å². The highest BCUT2D eigenvalue weighted by Crippen LogP contribution is 1.93. The Hall–Kier alpha value is -1.52. The maximum Gasteiger partial charge on any atom is 0.287 e. The number of rotatable bonds is 1. The molecule has 0 spiro atoms. The molecule has 0 amide bonds. The highest BCUT2D eigenvalue weighted by molar-refractivity contribution is 5.79. The number of anilines is 1. The van der Waals surface area contributed by atoms with Crippen LogP contribution in [0.25, 0.3) is 0 Å². The highest BCUT2D eigenvalue weighted by Gasteiger charge is 2.01. The number of nitrogen functional groups attached to an aromatic ring is 1. The Labute approximate surface area is 49.9 Å². The number of hydrogen-bond donors (Lipinski definition) is 3. The van der Waals surface area contributed by atoms with Crippen molar-refractivity contribution < 1.29 is 4.79 Å². The maximum absolute atomic E-state index is 10.4. The number of carbonyl (C=O) groups is 1. The minimum Gasteiger partial charge on any atom is -0.392 e. The Kier molecular flexibility index (Phi) is 1.11. The molecule has 0 bridgehead atoms. The van der Waals surface area contributed by atoms with Crippen molar-refractivity contribution in [1.29, 1.82) is 0 Å². The summed E-state index contributed by atoms with van der Waals surface area (Å²) in [6.45, 7) is 0. The predicted octanol–water partition coefficient (Wildman–Crippen LogP) is -0.902. The zero-order chi connectivity index (χ0) is 6.85. The lowest BCUT2D eigenvalue weighted by molar-refractivity contribution is 0.112. The number of nitrogens with one attached hydrogen (secondary N) is 2. The van der Waals surface area contributed by atoms with E-state index in [2.05, 4.69) is 10.2 Å². The molecule has 0 aliphatic carbocycles. The zero-order valence-electron chi connectivity index (χ0n) is 4.47. The molecule has 0 unspecified atom stereocenters. The molecular weight excluding hydrogens is 122 g/mol. The highest BCUT2D eigenvalue weighted by atomic mass is 16.1. The van der Waals surface area contributed by atoms with Gasteiger partial charge < -0.3 is 5.73 Å². The summed E-state index contributed by atoms with van der Waals surface area (Å²) in [6, 6.07) is 0. The van der Waals surface area contributed by atoms with Crippen molar-refractivity contribution >= 4 is 12.0 Å². The van der Waals surface area contributed by atoms with Crippen molar-refractivity contribution in [3.05, 3.63) is 16.0 Å². The van der Waals surface area contributed by atoms with Crippen LogP contribution in [0.2, 0.25) is 0 Å². The van der Waals surface area contributed by atoms with Crippen LogP contribution in [0.5, 0.6) is 0 Å². The number of aldehydes is 1. The molecule has 4 N–H and O–H groups in total. The molecule has 0 saturated carbocycles. The monoisotopic (exact) mass is 127 g/mol. The lowest BCUT2D eigenvalue weighted by Crippen LogP contribution is -2.05. The largest absolute Gasteiger partial charge is 0.392 e.